The van der Waals surface area contributed by atoms with Gasteiger partial charge < -0.3 is 15.0 Å². The van der Waals surface area contributed by atoms with Crippen LogP contribution in [0.3, 0.4) is 0 Å². The van der Waals surface area contributed by atoms with Crippen LogP contribution in [-0.4, -0.2) is 21.2 Å². The van der Waals surface area contributed by atoms with E-state index in [0.717, 1.165) is 12.1 Å². The van der Waals surface area contributed by atoms with E-state index in [-0.39, 0.29) is 12.6 Å². The molecule has 17 heavy (non-hydrogen) atoms. The van der Waals surface area contributed by atoms with Crippen molar-refractivity contribution >= 4 is 0 Å². The standard InChI is InChI=1S/C11H14N4O2/c1-8(12)4-9-2-3-10(5-13-9)16-6-11-14-7-17-15-11/h2-3,5,7-8H,4,6,12H2,1H3. The summed E-state index contributed by atoms with van der Waals surface area (Å²) in [5, 5.41) is 3.64. The molecule has 6 heteroatoms. The molecule has 0 fully saturated rings. The first-order valence-electron chi connectivity index (χ1n) is 5.32. The van der Waals surface area contributed by atoms with Crippen molar-refractivity contribution in [3.63, 3.8) is 0 Å². The molecule has 1 unspecified atom stereocenters. The molecular weight excluding hydrogens is 220 g/mol. The quantitative estimate of drug-likeness (QED) is 0.828. The molecule has 0 aliphatic carbocycles. The third-order valence-corrected chi connectivity index (χ3v) is 2.10. The van der Waals surface area contributed by atoms with Crippen molar-refractivity contribution in [2.45, 2.75) is 26.0 Å². The van der Waals surface area contributed by atoms with Crippen molar-refractivity contribution in [1.82, 2.24) is 15.1 Å². The van der Waals surface area contributed by atoms with Gasteiger partial charge in [0, 0.05) is 18.2 Å². The molecule has 0 spiro atoms. The van der Waals surface area contributed by atoms with Crippen LogP contribution in [-0.2, 0) is 13.0 Å². The van der Waals surface area contributed by atoms with Gasteiger partial charge in [0.1, 0.15) is 5.75 Å². The number of rotatable bonds is 5. The van der Waals surface area contributed by atoms with E-state index in [2.05, 4.69) is 19.6 Å². The highest BCUT2D eigenvalue weighted by Gasteiger charge is 2.02. The molecule has 0 bridgehead atoms. The molecule has 0 aromatic carbocycles. The van der Waals surface area contributed by atoms with Gasteiger partial charge in [-0.1, -0.05) is 5.16 Å². The van der Waals surface area contributed by atoms with Crippen molar-refractivity contribution in [2.75, 3.05) is 0 Å². The Labute approximate surface area is 98.8 Å². The lowest BCUT2D eigenvalue weighted by Gasteiger charge is -2.06. The summed E-state index contributed by atoms with van der Waals surface area (Å²) in [6.07, 6.45) is 3.69. The molecule has 2 N–H and O–H groups in total. The first kappa shape index (κ1) is 11.5. The molecule has 0 saturated carbocycles. The Bertz CT molecular complexity index is 439. The highest BCUT2D eigenvalue weighted by molar-refractivity contribution is 5.20. The Balaban J connectivity index is 1.89. The van der Waals surface area contributed by atoms with Crippen LogP contribution in [0.15, 0.2) is 29.2 Å². The predicted octanol–water partition coefficient (Wildman–Crippen LogP) is 0.933. The van der Waals surface area contributed by atoms with E-state index < -0.39 is 0 Å². The van der Waals surface area contributed by atoms with Gasteiger partial charge >= 0.3 is 0 Å². The van der Waals surface area contributed by atoms with E-state index in [4.69, 9.17) is 10.5 Å². The smallest absolute Gasteiger partial charge is 0.213 e. The molecular formula is C11H14N4O2. The van der Waals surface area contributed by atoms with Crippen LogP contribution in [0.2, 0.25) is 0 Å². The Morgan fingerprint density at radius 2 is 2.29 bits per heavy atom. The zero-order valence-corrected chi connectivity index (χ0v) is 9.54. The third kappa shape index (κ3) is 3.53. The maximum absolute atomic E-state index is 5.69. The zero-order valence-electron chi connectivity index (χ0n) is 9.54. The maximum atomic E-state index is 5.69. The van der Waals surface area contributed by atoms with Crippen LogP contribution in [0.1, 0.15) is 18.4 Å². The number of aromatic nitrogens is 3. The summed E-state index contributed by atoms with van der Waals surface area (Å²) in [6.45, 7) is 2.22. The molecule has 0 radical (unpaired) electrons. The van der Waals surface area contributed by atoms with Gasteiger partial charge in [0.2, 0.25) is 12.2 Å². The van der Waals surface area contributed by atoms with Gasteiger partial charge in [-0.05, 0) is 19.1 Å². The van der Waals surface area contributed by atoms with Crippen LogP contribution >= 0.6 is 0 Å². The van der Waals surface area contributed by atoms with Crippen LogP contribution < -0.4 is 10.5 Å². The van der Waals surface area contributed by atoms with E-state index in [1.165, 1.54) is 6.39 Å². The summed E-state index contributed by atoms with van der Waals surface area (Å²) in [7, 11) is 0. The topological polar surface area (TPSA) is 87.1 Å². The predicted molar refractivity (Wildman–Crippen MR) is 60.2 cm³/mol. The first-order chi connectivity index (χ1) is 8.24. The minimum atomic E-state index is 0.105. The van der Waals surface area contributed by atoms with Crippen LogP contribution in [0.4, 0.5) is 0 Å². The second kappa shape index (κ2) is 5.40. The van der Waals surface area contributed by atoms with Gasteiger partial charge in [-0.3, -0.25) is 4.98 Å². The molecule has 0 saturated heterocycles. The van der Waals surface area contributed by atoms with Gasteiger partial charge in [0.25, 0.3) is 0 Å². The lowest BCUT2D eigenvalue weighted by atomic mass is 10.2. The average molecular weight is 234 g/mol. The Kier molecular flexibility index (Phi) is 3.66. The summed E-state index contributed by atoms with van der Waals surface area (Å²) >= 11 is 0. The van der Waals surface area contributed by atoms with Crippen LogP contribution in [0, 0.1) is 0 Å². The fourth-order valence-corrected chi connectivity index (χ4v) is 1.35. The van der Waals surface area contributed by atoms with E-state index in [1.54, 1.807) is 6.20 Å². The molecule has 6 nitrogen and oxygen atoms in total. The Hall–Kier alpha value is -1.95. The number of nitrogens with zero attached hydrogens (tertiary/aromatic N) is 3. The third-order valence-electron chi connectivity index (χ3n) is 2.10. The summed E-state index contributed by atoms with van der Waals surface area (Å²) in [5.41, 5.74) is 6.64. The molecule has 90 valence electrons. The number of nitrogens with two attached hydrogens (primary N) is 1. The van der Waals surface area contributed by atoms with E-state index in [0.29, 0.717) is 11.6 Å². The number of pyridine rings is 1. The second-order valence-electron chi connectivity index (χ2n) is 3.80. The largest absolute Gasteiger partial charge is 0.484 e. The molecule has 1 atom stereocenters. The average Bonchev–Trinajstić information content (AvgIpc) is 2.80. The van der Waals surface area contributed by atoms with E-state index in [9.17, 15) is 0 Å². The lowest BCUT2D eigenvalue weighted by molar-refractivity contribution is 0.285. The van der Waals surface area contributed by atoms with Gasteiger partial charge in [-0.25, -0.2) is 0 Å². The fourth-order valence-electron chi connectivity index (χ4n) is 1.35. The lowest BCUT2D eigenvalue weighted by Crippen LogP contribution is -2.18. The molecule has 2 aromatic rings. The van der Waals surface area contributed by atoms with Gasteiger partial charge in [0.05, 0.1) is 6.20 Å². The highest BCUT2D eigenvalue weighted by atomic mass is 16.5. The van der Waals surface area contributed by atoms with Crippen molar-refractivity contribution in [3.05, 3.63) is 36.2 Å². The van der Waals surface area contributed by atoms with Gasteiger partial charge in [-0.2, -0.15) is 4.98 Å². The minimum absolute atomic E-state index is 0.105. The van der Waals surface area contributed by atoms with E-state index >= 15 is 0 Å². The van der Waals surface area contributed by atoms with Crippen molar-refractivity contribution in [1.29, 1.82) is 0 Å². The molecule has 2 rings (SSSR count). The molecule has 0 aliphatic heterocycles. The van der Waals surface area contributed by atoms with E-state index in [1.807, 2.05) is 19.1 Å². The zero-order chi connectivity index (χ0) is 12.1. The summed E-state index contributed by atoms with van der Waals surface area (Å²) in [5.74, 6) is 1.17. The Morgan fingerprint density at radius 3 is 2.88 bits per heavy atom. The molecule has 0 aliphatic rings. The SMILES string of the molecule is CC(N)Cc1ccc(OCc2ncon2)cn1. The summed E-state index contributed by atoms with van der Waals surface area (Å²) in [6, 6.07) is 3.85. The van der Waals surface area contributed by atoms with Crippen molar-refractivity contribution in [3.8, 4) is 5.75 Å². The normalized spacial score (nSPS) is 12.4. The van der Waals surface area contributed by atoms with Crippen molar-refractivity contribution < 1.29 is 9.26 Å². The highest BCUT2D eigenvalue weighted by Crippen LogP contribution is 2.11. The van der Waals surface area contributed by atoms with Crippen LogP contribution in [0.25, 0.3) is 0 Å². The monoisotopic (exact) mass is 234 g/mol. The fraction of sp³-hybridized carbons (Fsp3) is 0.364. The van der Waals surface area contributed by atoms with Gasteiger partial charge in [-0.15, -0.1) is 0 Å². The number of ether oxygens (including phenoxy) is 1. The number of hydrogen-bond acceptors (Lipinski definition) is 6. The maximum Gasteiger partial charge on any atom is 0.213 e. The number of hydrogen-bond donors (Lipinski definition) is 1. The molecule has 0 amide bonds. The second-order valence-corrected chi connectivity index (χ2v) is 3.80. The minimum Gasteiger partial charge on any atom is -0.484 e. The molecule has 2 aromatic heterocycles. The summed E-state index contributed by atoms with van der Waals surface area (Å²) < 4.78 is 10.0. The Morgan fingerprint density at radius 1 is 1.41 bits per heavy atom. The summed E-state index contributed by atoms with van der Waals surface area (Å²) in [4.78, 5) is 8.10. The van der Waals surface area contributed by atoms with Crippen LogP contribution in [0.5, 0.6) is 5.75 Å². The molecule has 2 heterocycles. The first-order valence-corrected chi connectivity index (χ1v) is 5.32. The van der Waals surface area contributed by atoms with Crippen molar-refractivity contribution in [2.24, 2.45) is 5.73 Å². The van der Waals surface area contributed by atoms with Gasteiger partial charge in [0.15, 0.2) is 6.61 Å².